The second kappa shape index (κ2) is 3.08. The molecule has 2 rings (SSSR count). The lowest BCUT2D eigenvalue weighted by atomic mass is 9.82. The molecule has 0 aliphatic heterocycles. The van der Waals surface area contributed by atoms with Gasteiger partial charge in [-0.05, 0) is 24.7 Å². The van der Waals surface area contributed by atoms with E-state index in [1.165, 1.54) is 25.7 Å². The highest BCUT2D eigenvalue weighted by molar-refractivity contribution is 5.76. The highest BCUT2D eigenvalue weighted by Crippen LogP contribution is 2.44. The minimum absolute atomic E-state index is 0.0654. The molecule has 2 saturated carbocycles. The second-order valence-electron chi connectivity index (χ2n) is 4.38. The van der Waals surface area contributed by atoms with Gasteiger partial charge >= 0.3 is 0 Å². The zero-order valence-electron chi connectivity index (χ0n) is 7.46. The minimum Gasteiger partial charge on any atom is -0.369 e. The summed E-state index contributed by atoms with van der Waals surface area (Å²) in [4.78, 5) is 11.0. The molecule has 1 amide bonds. The van der Waals surface area contributed by atoms with Crippen LogP contribution < -0.4 is 5.73 Å². The highest BCUT2D eigenvalue weighted by Gasteiger charge is 2.37. The largest absolute Gasteiger partial charge is 0.369 e. The zero-order valence-corrected chi connectivity index (χ0v) is 7.46. The topological polar surface area (TPSA) is 43.1 Å². The number of fused-ring (bicyclic) bond motifs is 1. The molecule has 2 fully saturated rings. The maximum Gasteiger partial charge on any atom is 0.220 e. The molecule has 0 radical (unpaired) electrons. The van der Waals surface area contributed by atoms with Gasteiger partial charge in [0.25, 0.3) is 0 Å². The Labute approximate surface area is 73.5 Å². The van der Waals surface area contributed by atoms with Crippen LogP contribution in [0.2, 0.25) is 0 Å². The van der Waals surface area contributed by atoms with Crippen molar-refractivity contribution < 1.29 is 4.79 Å². The number of carbonyl (C=O) groups is 1. The van der Waals surface area contributed by atoms with Crippen LogP contribution >= 0.6 is 0 Å². The number of carbonyl (C=O) groups excluding carboxylic acids is 1. The SMILES string of the molecule is NC(=O)C1CC2CCCCC2C1. The Kier molecular flexibility index (Phi) is 2.07. The van der Waals surface area contributed by atoms with Crippen LogP contribution in [0.4, 0.5) is 0 Å². The van der Waals surface area contributed by atoms with Gasteiger partial charge in [-0.15, -0.1) is 0 Å². The average Bonchev–Trinajstić information content (AvgIpc) is 2.46. The number of rotatable bonds is 1. The first-order valence-corrected chi connectivity index (χ1v) is 5.06. The van der Waals surface area contributed by atoms with Crippen molar-refractivity contribution in [2.24, 2.45) is 23.5 Å². The number of hydrogen-bond acceptors (Lipinski definition) is 1. The van der Waals surface area contributed by atoms with E-state index in [9.17, 15) is 4.79 Å². The molecule has 0 aromatic carbocycles. The standard InChI is InChI=1S/C10H17NO/c11-10(12)9-5-7-3-1-2-4-8(7)6-9/h7-9H,1-6H2,(H2,11,12). The Balaban J connectivity index is 1.98. The van der Waals surface area contributed by atoms with E-state index >= 15 is 0 Å². The summed E-state index contributed by atoms with van der Waals surface area (Å²) in [6.07, 6.45) is 7.59. The zero-order chi connectivity index (χ0) is 8.55. The first-order valence-electron chi connectivity index (χ1n) is 5.06. The fourth-order valence-corrected chi connectivity index (χ4v) is 2.96. The molecule has 2 unspecified atom stereocenters. The van der Waals surface area contributed by atoms with E-state index in [0.717, 1.165) is 24.7 Å². The molecule has 2 N–H and O–H groups in total. The van der Waals surface area contributed by atoms with Crippen LogP contribution in [0.5, 0.6) is 0 Å². The first-order chi connectivity index (χ1) is 5.77. The molecule has 2 atom stereocenters. The molecular formula is C10H17NO. The lowest BCUT2D eigenvalue weighted by Gasteiger charge is -2.24. The van der Waals surface area contributed by atoms with Gasteiger partial charge in [0.15, 0.2) is 0 Å². The molecule has 0 aromatic heterocycles. The molecule has 2 heteroatoms. The average molecular weight is 167 g/mol. The fraction of sp³-hybridized carbons (Fsp3) is 0.900. The Morgan fingerprint density at radius 2 is 1.58 bits per heavy atom. The summed E-state index contributed by atoms with van der Waals surface area (Å²) in [6.45, 7) is 0. The van der Waals surface area contributed by atoms with E-state index in [2.05, 4.69) is 0 Å². The molecule has 2 aliphatic carbocycles. The van der Waals surface area contributed by atoms with Crippen molar-refractivity contribution in [2.75, 3.05) is 0 Å². The molecule has 12 heavy (non-hydrogen) atoms. The van der Waals surface area contributed by atoms with Gasteiger partial charge in [-0.25, -0.2) is 0 Å². The van der Waals surface area contributed by atoms with E-state index in [0.29, 0.717) is 0 Å². The Bertz CT molecular complexity index is 176. The van der Waals surface area contributed by atoms with Crippen LogP contribution in [0, 0.1) is 17.8 Å². The lowest BCUT2D eigenvalue weighted by molar-refractivity contribution is -0.121. The van der Waals surface area contributed by atoms with Gasteiger partial charge in [-0.1, -0.05) is 25.7 Å². The van der Waals surface area contributed by atoms with E-state index in [-0.39, 0.29) is 11.8 Å². The van der Waals surface area contributed by atoms with E-state index < -0.39 is 0 Å². The highest BCUT2D eigenvalue weighted by atomic mass is 16.1. The summed E-state index contributed by atoms with van der Waals surface area (Å²) in [7, 11) is 0. The summed E-state index contributed by atoms with van der Waals surface area (Å²) in [6, 6.07) is 0. The molecule has 0 spiro atoms. The first kappa shape index (κ1) is 8.09. The van der Waals surface area contributed by atoms with E-state index in [1.54, 1.807) is 0 Å². The summed E-state index contributed by atoms with van der Waals surface area (Å²) in [5.41, 5.74) is 5.31. The van der Waals surface area contributed by atoms with Crippen molar-refractivity contribution in [3.63, 3.8) is 0 Å². The van der Waals surface area contributed by atoms with Crippen LogP contribution in [0.3, 0.4) is 0 Å². The summed E-state index contributed by atoms with van der Waals surface area (Å²) in [5, 5.41) is 0. The summed E-state index contributed by atoms with van der Waals surface area (Å²) in [5.74, 6) is 1.80. The van der Waals surface area contributed by atoms with Gasteiger partial charge in [-0.3, -0.25) is 4.79 Å². The molecule has 68 valence electrons. The molecule has 0 heterocycles. The maximum absolute atomic E-state index is 11.0. The lowest BCUT2D eigenvalue weighted by Crippen LogP contribution is -2.20. The van der Waals surface area contributed by atoms with Crippen LogP contribution in [0.15, 0.2) is 0 Å². The van der Waals surface area contributed by atoms with Crippen LogP contribution in [0.25, 0.3) is 0 Å². The van der Waals surface area contributed by atoms with Gasteiger partial charge in [0.05, 0.1) is 0 Å². The van der Waals surface area contributed by atoms with E-state index in [4.69, 9.17) is 5.73 Å². The van der Waals surface area contributed by atoms with Crippen molar-refractivity contribution in [1.82, 2.24) is 0 Å². The van der Waals surface area contributed by atoms with Gasteiger partial charge in [0.2, 0.25) is 5.91 Å². The quantitative estimate of drug-likeness (QED) is 0.634. The van der Waals surface area contributed by atoms with Crippen molar-refractivity contribution in [3.05, 3.63) is 0 Å². The van der Waals surface area contributed by atoms with Crippen molar-refractivity contribution in [1.29, 1.82) is 0 Å². The Hall–Kier alpha value is -0.530. The Morgan fingerprint density at radius 1 is 1.08 bits per heavy atom. The predicted molar refractivity (Wildman–Crippen MR) is 47.4 cm³/mol. The maximum atomic E-state index is 11.0. The van der Waals surface area contributed by atoms with E-state index in [1.807, 2.05) is 0 Å². The van der Waals surface area contributed by atoms with Crippen LogP contribution in [0.1, 0.15) is 38.5 Å². The number of amides is 1. The van der Waals surface area contributed by atoms with Crippen molar-refractivity contribution in [2.45, 2.75) is 38.5 Å². The molecular weight excluding hydrogens is 150 g/mol. The van der Waals surface area contributed by atoms with Crippen molar-refractivity contribution >= 4 is 5.91 Å². The fourth-order valence-electron chi connectivity index (χ4n) is 2.96. The molecule has 2 nitrogen and oxygen atoms in total. The van der Waals surface area contributed by atoms with Gasteiger partial charge in [-0.2, -0.15) is 0 Å². The Morgan fingerprint density at radius 3 is 2.00 bits per heavy atom. The number of primary amides is 1. The molecule has 0 bridgehead atoms. The second-order valence-corrected chi connectivity index (χ2v) is 4.38. The third-order valence-corrected chi connectivity index (χ3v) is 3.64. The van der Waals surface area contributed by atoms with Crippen LogP contribution in [-0.4, -0.2) is 5.91 Å². The van der Waals surface area contributed by atoms with Crippen molar-refractivity contribution in [3.8, 4) is 0 Å². The third kappa shape index (κ3) is 1.35. The number of nitrogens with two attached hydrogens (primary N) is 1. The molecule has 2 aliphatic rings. The van der Waals surface area contributed by atoms with Gasteiger partial charge in [0, 0.05) is 5.92 Å². The monoisotopic (exact) mass is 167 g/mol. The van der Waals surface area contributed by atoms with Gasteiger partial charge in [0.1, 0.15) is 0 Å². The molecule has 0 aromatic rings. The van der Waals surface area contributed by atoms with Gasteiger partial charge < -0.3 is 5.73 Å². The smallest absolute Gasteiger partial charge is 0.220 e. The third-order valence-electron chi connectivity index (χ3n) is 3.64. The minimum atomic E-state index is -0.0654. The molecule has 0 saturated heterocycles. The number of hydrogen-bond donors (Lipinski definition) is 1. The summed E-state index contributed by atoms with van der Waals surface area (Å²) < 4.78 is 0. The normalized spacial score (nSPS) is 40.8. The summed E-state index contributed by atoms with van der Waals surface area (Å²) >= 11 is 0. The predicted octanol–water partition coefficient (Wildman–Crippen LogP) is 1.69. The van der Waals surface area contributed by atoms with Crippen LogP contribution in [-0.2, 0) is 4.79 Å².